The van der Waals surface area contributed by atoms with Gasteiger partial charge in [0.2, 0.25) is 23.3 Å². The minimum absolute atomic E-state index is 0.00455. The zero-order valence-corrected chi connectivity index (χ0v) is 36.3. The van der Waals surface area contributed by atoms with Gasteiger partial charge in [0.05, 0.1) is 85.5 Å². The molecule has 396 valence electrons. The van der Waals surface area contributed by atoms with E-state index in [2.05, 4.69) is 10.1 Å². The van der Waals surface area contributed by atoms with E-state index in [1.54, 1.807) is 14.7 Å². The van der Waals surface area contributed by atoms with Gasteiger partial charge in [0.25, 0.3) is 0 Å². The Labute approximate surface area is 385 Å². The van der Waals surface area contributed by atoms with Gasteiger partial charge >= 0.3 is 48.2 Å². The van der Waals surface area contributed by atoms with Crippen LogP contribution in [-0.2, 0) is 52.5 Å². The van der Waals surface area contributed by atoms with Crippen LogP contribution in [0.3, 0.4) is 0 Å². The number of rotatable bonds is 24. The van der Waals surface area contributed by atoms with Crippen LogP contribution in [0.2, 0.25) is 0 Å². The van der Waals surface area contributed by atoms with Crippen LogP contribution in [0.5, 0.6) is 5.75 Å². The third-order valence-corrected chi connectivity index (χ3v) is 8.28. The van der Waals surface area contributed by atoms with E-state index in [0.717, 1.165) is 0 Å². The Hall–Kier alpha value is -5.51. The van der Waals surface area contributed by atoms with Crippen molar-refractivity contribution < 1.29 is 127 Å². The van der Waals surface area contributed by atoms with Crippen LogP contribution in [0.25, 0.3) is 0 Å². The molecule has 1 fully saturated rings. The van der Waals surface area contributed by atoms with E-state index in [1.807, 2.05) is 4.90 Å². The maximum absolute atomic E-state index is 13.6. The quantitative estimate of drug-likeness (QED) is 0.0270. The van der Waals surface area contributed by atoms with Crippen molar-refractivity contribution in [2.24, 2.45) is 0 Å². The lowest BCUT2D eigenvalue weighted by Crippen LogP contribution is -2.50. The minimum Gasteiger partial charge on any atom is -0.480 e. The molecular weight excluding hydrogens is 976 g/mol. The van der Waals surface area contributed by atoms with Crippen LogP contribution in [0, 0.1) is 23.3 Å². The lowest BCUT2D eigenvalue weighted by molar-refractivity contribution is -0.193. The number of nitrogens with one attached hydrogen (secondary N) is 1. The highest BCUT2D eigenvalue weighted by Crippen LogP contribution is 2.26. The second-order valence-corrected chi connectivity index (χ2v) is 13.7. The zero-order chi connectivity index (χ0) is 52.7. The molecule has 69 heavy (non-hydrogen) atoms. The van der Waals surface area contributed by atoms with Crippen LogP contribution in [0.4, 0.5) is 43.9 Å². The number of carbonyl (C=O) groups excluding carboxylic acids is 2. The maximum Gasteiger partial charge on any atom is 0.490 e. The Kier molecular flexibility index (Phi) is 31.2. The number of ether oxygens (including phenoxy) is 5. The van der Waals surface area contributed by atoms with Gasteiger partial charge < -0.3 is 54.5 Å². The number of hydrogen-bond donors (Lipinski definition) is 6. The second-order valence-electron chi connectivity index (χ2n) is 13.7. The summed E-state index contributed by atoms with van der Waals surface area (Å²) >= 11 is 0. The molecule has 0 unspecified atom stereocenters. The molecule has 1 amide bonds. The summed E-state index contributed by atoms with van der Waals surface area (Å²) in [5.41, 5.74) is 0. The molecule has 0 atom stereocenters. The van der Waals surface area contributed by atoms with Crippen LogP contribution < -0.4 is 10.1 Å². The molecule has 32 heteroatoms. The standard InChI is InChI=1S/C33H49F4N5O13.2C2HF3O2/c34-24-19-25(35)32(37)33(31(24)36)55-30(50)1-11-51-13-15-53-17-18-54-16-14-52-12-2-38-26(43)20-39-3-5-40(21-27(44)45)7-9-42(23-29(48)49)10-8-41(6-4-39)22-28(46)47;2*3-2(4,5)1(6)7/h19H,1-18,20-23H2,(H,38,43)(H,44,45)(H,46,47)(H,48,49);2*(H,6,7). The molecule has 0 radical (unpaired) electrons. The van der Waals surface area contributed by atoms with Crippen LogP contribution >= 0.6 is 0 Å². The Morgan fingerprint density at radius 2 is 0.783 bits per heavy atom. The monoisotopic (exact) mass is 1030 g/mol. The van der Waals surface area contributed by atoms with E-state index in [4.69, 9.17) is 38.7 Å². The fourth-order valence-electron chi connectivity index (χ4n) is 5.03. The number of aliphatic carboxylic acids is 5. The van der Waals surface area contributed by atoms with Gasteiger partial charge in [-0.15, -0.1) is 0 Å². The van der Waals surface area contributed by atoms with Gasteiger partial charge in [-0.25, -0.2) is 18.4 Å². The number of carbonyl (C=O) groups is 7. The SMILES string of the molecule is O=C(O)C(F)(F)F.O=C(O)C(F)(F)F.O=C(O)CN1CCN(CC(=O)O)CCN(CC(=O)NCCOCCOCCOCCOCCC(=O)Oc2c(F)c(F)cc(F)c2F)CCN(CC(=O)O)CC1. The minimum atomic E-state index is -5.08. The molecule has 0 bridgehead atoms. The summed E-state index contributed by atoms with van der Waals surface area (Å²) in [5.74, 6) is -18.6. The van der Waals surface area contributed by atoms with E-state index < -0.39 is 83.6 Å². The van der Waals surface area contributed by atoms with Crippen molar-refractivity contribution in [3.63, 3.8) is 0 Å². The fourth-order valence-corrected chi connectivity index (χ4v) is 5.03. The molecule has 6 N–H and O–H groups in total. The molecule has 0 aliphatic carbocycles. The Morgan fingerprint density at radius 3 is 1.09 bits per heavy atom. The Morgan fingerprint density at radius 1 is 0.493 bits per heavy atom. The van der Waals surface area contributed by atoms with E-state index in [1.165, 1.54) is 0 Å². The van der Waals surface area contributed by atoms with E-state index >= 15 is 0 Å². The Balaban J connectivity index is 0.00000285. The van der Waals surface area contributed by atoms with Crippen LogP contribution in [0.15, 0.2) is 6.07 Å². The van der Waals surface area contributed by atoms with Gasteiger partial charge in [0.1, 0.15) is 0 Å². The molecule has 22 nitrogen and oxygen atoms in total. The van der Waals surface area contributed by atoms with Crippen molar-refractivity contribution in [3.8, 4) is 5.75 Å². The summed E-state index contributed by atoms with van der Waals surface area (Å²) in [4.78, 5) is 83.2. The summed E-state index contributed by atoms with van der Waals surface area (Å²) in [6.07, 6.45) is -10.6. The Bertz CT molecular complexity index is 1700. The molecule has 1 saturated heterocycles. The second kappa shape index (κ2) is 33.9. The van der Waals surface area contributed by atoms with Crippen LogP contribution in [-0.4, -0.2) is 237 Å². The molecule has 0 spiro atoms. The number of esters is 1. The van der Waals surface area contributed by atoms with Gasteiger partial charge in [-0.1, -0.05) is 0 Å². The maximum atomic E-state index is 13.6. The molecule has 0 aromatic heterocycles. The fraction of sp³-hybridized carbons (Fsp3) is 0.649. The molecule has 1 aliphatic heterocycles. The molecule has 1 heterocycles. The summed E-state index contributed by atoms with van der Waals surface area (Å²) in [5, 5.41) is 45.0. The molecule has 2 rings (SSSR count). The number of benzene rings is 1. The summed E-state index contributed by atoms with van der Waals surface area (Å²) in [7, 11) is 0. The highest BCUT2D eigenvalue weighted by Gasteiger charge is 2.39. The third-order valence-electron chi connectivity index (χ3n) is 8.28. The van der Waals surface area contributed by atoms with E-state index in [0.29, 0.717) is 26.2 Å². The van der Waals surface area contributed by atoms with Gasteiger partial charge in [0.15, 0.2) is 11.6 Å². The molecule has 0 saturated carbocycles. The van der Waals surface area contributed by atoms with Crippen LogP contribution in [0.1, 0.15) is 6.42 Å². The smallest absolute Gasteiger partial charge is 0.480 e. The van der Waals surface area contributed by atoms with Gasteiger partial charge in [-0.3, -0.25) is 43.6 Å². The molecule has 1 aliphatic rings. The zero-order valence-electron chi connectivity index (χ0n) is 36.3. The lowest BCUT2D eigenvalue weighted by atomic mass is 10.3. The summed E-state index contributed by atoms with van der Waals surface area (Å²) in [6.45, 7) is 2.83. The molecule has 1 aromatic carbocycles. The van der Waals surface area contributed by atoms with Crippen molar-refractivity contribution in [3.05, 3.63) is 29.3 Å². The largest absolute Gasteiger partial charge is 0.490 e. The predicted molar refractivity (Wildman–Crippen MR) is 209 cm³/mol. The number of amides is 1. The topological polar surface area (TPSA) is 292 Å². The third kappa shape index (κ3) is 32.0. The van der Waals surface area contributed by atoms with Gasteiger partial charge in [-0.05, 0) is 0 Å². The van der Waals surface area contributed by atoms with Crippen molar-refractivity contribution >= 4 is 41.7 Å². The number of carboxylic acid groups (broad SMARTS) is 5. The number of carboxylic acids is 5. The van der Waals surface area contributed by atoms with Crippen molar-refractivity contribution in [1.29, 1.82) is 0 Å². The van der Waals surface area contributed by atoms with Gasteiger partial charge in [-0.2, -0.15) is 35.1 Å². The average Bonchev–Trinajstić information content (AvgIpc) is 3.23. The van der Waals surface area contributed by atoms with E-state index in [9.17, 15) is 83.2 Å². The molecule has 1 aromatic rings. The number of alkyl halides is 6. The number of nitrogens with zero attached hydrogens (tertiary/aromatic N) is 4. The normalized spacial score (nSPS) is 14.7. The predicted octanol–water partition coefficient (Wildman–Crippen LogP) is 0.463. The molecular formula is C37H51F10N5O17. The highest BCUT2D eigenvalue weighted by molar-refractivity contribution is 5.78. The van der Waals surface area contributed by atoms with Crippen molar-refractivity contribution in [2.45, 2.75) is 18.8 Å². The average molecular weight is 1030 g/mol. The summed E-state index contributed by atoms with van der Waals surface area (Å²) < 4.78 is 143. The highest BCUT2D eigenvalue weighted by atomic mass is 19.4. The van der Waals surface area contributed by atoms with Gasteiger partial charge in [0, 0.05) is 65.0 Å². The first-order valence-electron chi connectivity index (χ1n) is 19.9. The van der Waals surface area contributed by atoms with E-state index in [-0.39, 0.29) is 124 Å². The lowest BCUT2D eigenvalue weighted by Gasteiger charge is -2.32. The number of hydrogen-bond acceptors (Lipinski definition) is 16. The first kappa shape index (κ1) is 63.5. The summed E-state index contributed by atoms with van der Waals surface area (Å²) in [6, 6.07) is -0.00455. The van der Waals surface area contributed by atoms with Crippen molar-refractivity contribution in [2.75, 3.05) is 138 Å². The number of halogens is 10. The first-order chi connectivity index (χ1) is 32.1. The van der Waals surface area contributed by atoms with Crippen molar-refractivity contribution in [1.82, 2.24) is 24.9 Å². The first-order valence-corrected chi connectivity index (χ1v) is 19.9.